The Kier molecular flexibility index (Phi) is 9.65. The van der Waals surface area contributed by atoms with Gasteiger partial charge < -0.3 is 9.84 Å². The number of ether oxygens (including phenoxy) is 1. The molecule has 0 aromatic carbocycles. The van der Waals surface area contributed by atoms with Crippen LogP contribution in [0.1, 0.15) is 98.8 Å². The predicted octanol–water partition coefficient (Wildman–Crippen LogP) is 6.24. The molecule has 2 fully saturated rings. The lowest BCUT2D eigenvalue weighted by atomic mass is 9.68. The molecule has 0 amide bonds. The van der Waals surface area contributed by atoms with Crippen molar-refractivity contribution in [2.45, 2.75) is 117 Å². The maximum atomic E-state index is 9.95. The maximum Gasteiger partial charge on any atom is 0.0669 e. The van der Waals surface area contributed by atoms with Crippen molar-refractivity contribution < 1.29 is 9.84 Å². The highest BCUT2D eigenvalue weighted by atomic mass is 16.5. The minimum Gasteiger partial charge on any atom is -0.393 e. The Hall–Kier alpha value is -1.10. The van der Waals surface area contributed by atoms with E-state index in [2.05, 4.69) is 39.8 Å². The fourth-order valence-electron chi connectivity index (χ4n) is 5.78. The molecule has 170 valence electrons. The minimum absolute atomic E-state index is 0.0660. The average molecular weight is 417 g/mol. The van der Waals surface area contributed by atoms with Crippen LogP contribution in [0.2, 0.25) is 0 Å². The standard InChI is InChI=1S/C26H44N2O2/c1-18(20-8-12-25(13-9-20)30-26(3,4)5)14-22(15-23(17-28)19(2)16-27)21-6-10-24(29)11-7-21/h18-25,29H,6-15H2,1-5H3. The fourth-order valence-corrected chi connectivity index (χ4v) is 5.78. The van der Waals surface area contributed by atoms with Crippen LogP contribution in [-0.2, 0) is 4.74 Å². The zero-order chi connectivity index (χ0) is 22.3. The van der Waals surface area contributed by atoms with Gasteiger partial charge in [-0.2, -0.15) is 10.5 Å². The Morgan fingerprint density at radius 1 is 0.867 bits per heavy atom. The number of rotatable bonds is 8. The Bertz CT molecular complexity index is 584. The Balaban J connectivity index is 1.97. The summed E-state index contributed by atoms with van der Waals surface area (Å²) in [6.07, 6.45) is 10.9. The highest BCUT2D eigenvalue weighted by Gasteiger charge is 2.34. The van der Waals surface area contributed by atoms with Crippen molar-refractivity contribution in [3.63, 3.8) is 0 Å². The van der Waals surface area contributed by atoms with Crippen LogP contribution in [0, 0.1) is 58.2 Å². The quantitative estimate of drug-likeness (QED) is 0.508. The van der Waals surface area contributed by atoms with Gasteiger partial charge in [-0.15, -0.1) is 0 Å². The zero-order valence-electron chi connectivity index (χ0n) is 19.9. The second-order valence-corrected chi connectivity index (χ2v) is 11.2. The molecule has 4 nitrogen and oxygen atoms in total. The molecule has 0 spiro atoms. The van der Waals surface area contributed by atoms with Crippen LogP contribution < -0.4 is 0 Å². The van der Waals surface area contributed by atoms with Crippen molar-refractivity contribution in [2.75, 3.05) is 0 Å². The molecule has 2 rings (SSSR count). The van der Waals surface area contributed by atoms with Crippen molar-refractivity contribution >= 4 is 0 Å². The van der Waals surface area contributed by atoms with Gasteiger partial charge in [-0.25, -0.2) is 0 Å². The summed E-state index contributed by atoms with van der Waals surface area (Å²) in [5.41, 5.74) is -0.0660. The Labute approximate surface area is 185 Å². The normalized spacial score (nSPS) is 31.7. The summed E-state index contributed by atoms with van der Waals surface area (Å²) in [6.45, 7) is 10.7. The number of aliphatic hydroxyl groups is 1. The second-order valence-electron chi connectivity index (χ2n) is 11.2. The van der Waals surface area contributed by atoms with Gasteiger partial charge in [-0.05, 0) is 116 Å². The topological polar surface area (TPSA) is 77.0 Å². The molecule has 0 saturated heterocycles. The molecule has 0 bridgehead atoms. The third-order valence-electron chi connectivity index (χ3n) is 7.66. The molecule has 4 unspecified atom stereocenters. The molecule has 2 aliphatic carbocycles. The van der Waals surface area contributed by atoms with E-state index >= 15 is 0 Å². The van der Waals surface area contributed by atoms with E-state index in [4.69, 9.17) is 4.74 Å². The molecule has 0 heterocycles. The highest BCUT2D eigenvalue weighted by Crippen LogP contribution is 2.42. The molecule has 2 saturated carbocycles. The van der Waals surface area contributed by atoms with Crippen molar-refractivity contribution in [2.24, 2.45) is 35.5 Å². The van der Waals surface area contributed by atoms with Crippen LogP contribution >= 0.6 is 0 Å². The molecule has 0 aliphatic heterocycles. The fraction of sp³-hybridized carbons (Fsp3) is 0.923. The molecule has 0 aromatic rings. The number of aliphatic hydroxyl groups excluding tert-OH is 1. The third-order valence-corrected chi connectivity index (χ3v) is 7.66. The summed E-state index contributed by atoms with van der Waals surface area (Å²) < 4.78 is 6.21. The van der Waals surface area contributed by atoms with Gasteiger partial charge in [0.1, 0.15) is 0 Å². The summed E-state index contributed by atoms with van der Waals surface area (Å²) in [5, 5.41) is 29.0. The van der Waals surface area contributed by atoms with Crippen LogP contribution in [-0.4, -0.2) is 22.9 Å². The first-order valence-corrected chi connectivity index (χ1v) is 12.3. The van der Waals surface area contributed by atoms with Gasteiger partial charge in [0.15, 0.2) is 0 Å². The molecule has 4 heteroatoms. The Morgan fingerprint density at radius 2 is 1.43 bits per heavy atom. The second kappa shape index (κ2) is 11.5. The summed E-state index contributed by atoms with van der Waals surface area (Å²) in [6, 6.07) is 4.72. The van der Waals surface area contributed by atoms with Gasteiger partial charge in [0.25, 0.3) is 0 Å². The lowest BCUT2D eigenvalue weighted by Crippen LogP contribution is -2.33. The summed E-state index contributed by atoms with van der Waals surface area (Å²) in [5.74, 6) is 2.03. The van der Waals surface area contributed by atoms with Crippen molar-refractivity contribution in [1.29, 1.82) is 10.5 Å². The lowest BCUT2D eigenvalue weighted by Gasteiger charge is -2.39. The first-order chi connectivity index (χ1) is 14.1. The van der Waals surface area contributed by atoms with Gasteiger partial charge in [0.05, 0.1) is 41.8 Å². The van der Waals surface area contributed by atoms with E-state index in [0.717, 1.165) is 57.3 Å². The molecule has 30 heavy (non-hydrogen) atoms. The molecule has 4 atom stereocenters. The van der Waals surface area contributed by atoms with Gasteiger partial charge >= 0.3 is 0 Å². The molecule has 0 radical (unpaired) electrons. The van der Waals surface area contributed by atoms with Crippen molar-refractivity contribution in [1.82, 2.24) is 0 Å². The van der Waals surface area contributed by atoms with Crippen molar-refractivity contribution in [3.05, 3.63) is 0 Å². The molecule has 2 aliphatic rings. The number of hydrogen-bond acceptors (Lipinski definition) is 4. The monoisotopic (exact) mass is 416 g/mol. The first-order valence-electron chi connectivity index (χ1n) is 12.3. The average Bonchev–Trinajstić information content (AvgIpc) is 2.70. The van der Waals surface area contributed by atoms with Crippen molar-refractivity contribution in [3.8, 4) is 12.1 Å². The largest absolute Gasteiger partial charge is 0.393 e. The lowest BCUT2D eigenvalue weighted by molar-refractivity contribution is -0.0812. The molecular weight excluding hydrogens is 372 g/mol. The minimum atomic E-state index is -0.216. The first kappa shape index (κ1) is 25.2. The van der Waals surface area contributed by atoms with Gasteiger partial charge in [0.2, 0.25) is 0 Å². The molecular formula is C26H44N2O2. The van der Waals surface area contributed by atoms with Gasteiger partial charge in [0, 0.05) is 0 Å². The van der Waals surface area contributed by atoms with Crippen LogP contribution in [0.3, 0.4) is 0 Å². The van der Waals surface area contributed by atoms with E-state index in [-0.39, 0.29) is 23.5 Å². The van der Waals surface area contributed by atoms with E-state index in [1.165, 1.54) is 12.8 Å². The SMILES string of the molecule is CC(C#N)C(C#N)CC(CC(C)C1CCC(OC(C)(C)C)CC1)C1CCC(O)CC1. The number of hydrogen-bond donors (Lipinski definition) is 1. The summed E-state index contributed by atoms with van der Waals surface area (Å²) in [4.78, 5) is 0. The van der Waals surface area contributed by atoms with E-state index in [1.807, 2.05) is 6.92 Å². The van der Waals surface area contributed by atoms with E-state index < -0.39 is 0 Å². The number of nitriles is 2. The van der Waals surface area contributed by atoms with Crippen LogP contribution in [0.5, 0.6) is 0 Å². The zero-order valence-corrected chi connectivity index (χ0v) is 19.9. The maximum absolute atomic E-state index is 9.95. The summed E-state index contributed by atoms with van der Waals surface area (Å²) >= 11 is 0. The smallest absolute Gasteiger partial charge is 0.0669 e. The van der Waals surface area contributed by atoms with E-state index in [9.17, 15) is 15.6 Å². The Morgan fingerprint density at radius 3 is 1.93 bits per heavy atom. The highest BCUT2D eigenvalue weighted by molar-refractivity contribution is 4.98. The van der Waals surface area contributed by atoms with Gasteiger partial charge in [-0.3, -0.25) is 0 Å². The van der Waals surface area contributed by atoms with E-state index in [0.29, 0.717) is 23.9 Å². The summed E-state index contributed by atoms with van der Waals surface area (Å²) in [7, 11) is 0. The van der Waals surface area contributed by atoms with Crippen LogP contribution in [0.15, 0.2) is 0 Å². The third kappa shape index (κ3) is 7.86. The van der Waals surface area contributed by atoms with E-state index in [1.54, 1.807) is 0 Å². The number of nitrogens with zero attached hydrogens (tertiary/aromatic N) is 2. The molecule has 0 aromatic heterocycles. The predicted molar refractivity (Wildman–Crippen MR) is 120 cm³/mol. The van der Waals surface area contributed by atoms with Crippen LogP contribution in [0.25, 0.3) is 0 Å². The van der Waals surface area contributed by atoms with Gasteiger partial charge in [-0.1, -0.05) is 6.92 Å². The molecule has 1 N–H and O–H groups in total. The van der Waals surface area contributed by atoms with Crippen LogP contribution in [0.4, 0.5) is 0 Å².